The van der Waals surface area contributed by atoms with Gasteiger partial charge in [0, 0.05) is 10.9 Å². The van der Waals surface area contributed by atoms with Crippen LogP contribution in [-0.4, -0.2) is 25.4 Å². The molecule has 0 atom stereocenters. The lowest BCUT2D eigenvalue weighted by Crippen LogP contribution is -2.21. The van der Waals surface area contributed by atoms with Crippen LogP contribution in [0.3, 0.4) is 0 Å². The molecular weight excluding hydrogens is 370 g/mol. The van der Waals surface area contributed by atoms with E-state index in [1.807, 2.05) is 30.3 Å². The Labute approximate surface area is 160 Å². The Balaban J connectivity index is 1.82. The number of nitrogens with one attached hydrogen (secondary N) is 1. The summed E-state index contributed by atoms with van der Waals surface area (Å²) < 4.78 is 24.0. The summed E-state index contributed by atoms with van der Waals surface area (Å²) in [4.78, 5) is 6.53. The van der Waals surface area contributed by atoms with E-state index in [2.05, 4.69) is 21.8 Å². The molecule has 5 nitrogen and oxygen atoms in total. The molecule has 0 fully saturated rings. The van der Waals surface area contributed by atoms with Gasteiger partial charge in [0.25, 0.3) is 0 Å². The van der Waals surface area contributed by atoms with E-state index in [9.17, 15) is 8.42 Å². The van der Waals surface area contributed by atoms with E-state index in [-0.39, 0.29) is 5.75 Å². The molecule has 0 radical (unpaired) electrons. The van der Waals surface area contributed by atoms with Gasteiger partial charge in [0.1, 0.15) is 5.15 Å². The number of rotatable bonds is 11. The normalized spacial score (nSPS) is 12.1. The molecule has 7 heteroatoms. The topological polar surface area (TPSA) is 71.4 Å². The van der Waals surface area contributed by atoms with Crippen molar-refractivity contribution in [3.8, 4) is 0 Å². The van der Waals surface area contributed by atoms with Crippen molar-refractivity contribution in [2.75, 3.05) is 5.75 Å². The van der Waals surface area contributed by atoms with Gasteiger partial charge in [0.2, 0.25) is 10.0 Å². The summed E-state index contributed by atoms with van der Waals surface area (Å²) in [6, 6.07) is 9.41. The largest absolute Gasteiger partial charge is 0.247 e. The Morgan fingerprint density at radius 3 is 2.58 bits per heavy atom. The number of pyridine rings is 1. The first-order valence-electron chi connectivity index (χ1n) is 9.09. The zero-order valence-electron chi connectivity index (χ0n) is 15.1. The summed E-state index contributed by atoms with van der Waals surface area (Å²) in [5.74, 6) is 0.0851. The molecule has 26 heavy (non-hydrogen) atoms. The molecule has 0 aliphatic carbocycles. The van der Waals surface area contributed by atoms with Crippen molar-refractivity contribution in [1.29, 1.82) is 0 Å². The molecule has 1 aromatic carbocycles. The Morgan fingerprint density at radius 1 is 1.12 bits per heavy atom. The van der Waals surface area contributed by atoms with Crippen LogP contribution in [0, 0.1) is 0 Å². The maximum absolute atomic E-state index is 12.0. The van der Waals surface area contributed by atoms with Crippen molar-refractivity contribution in [2.24, 2.45) is 5.10 Å². The van der Waals surface area contributed by atoms with Gasteiger partial charge in [-0.25, -0.2) is 18.2 Å². The number of sulfonamides is 1. The van der Waals surface area contributed by atoms with Crippen molar-refractivity contribution in [1.82, 2.24) is 9.82 Å². The standard InChI is InChI=1S/C19H26ClN3O2S/c1-2-3-4-5-6-7-10-13-26(24,25)23-21-15-17-14-16-11-8-9-12-18(16)22-19(17)20/h8-9,11-12,14-15,23H,2-7,10,13H2,1H3/b21-15-. The molecule has 2 aromatic rings. The fourth-order valence-electron chi connectivity index (χ4n) is 2.67. The molecule has 1 aromatic heterocycles. The third kappa shape index (κ3) is 6.92. The van der Waals surface area contributed by atoms with Gasteiger partial charge in [0.15, 0.2) is 0 Å². The summed E-state index contributed by atoms with van der Waals surface area (Å²) in [5, 5.41) is 5.04. The number of halogens is 1. The number of para-hydroxylation sites is 1. The number of aromatic nitrogens is 1. The van der Waals surface area contributed by atoms with Crippen LogP contribution in [0.15, 0.2) is 35.4 Å². The number of hydrogen-bond acceptors (Lipinski definition) is 4. The van der Waals surface area contributed by atoms with Gasteiger partial charge in [-0.2, -0.15) is 5.10 Å². The van der Waals surface area contributed by atoms with Crippen molar-refractivity contribution in [3.05, 3.63) is 41.0 Å². The van der Waals surface area contributed by atoms with E-state index in [0.29, 0.717) is 17.1 Å². The second-order valence-electron chi connectivity index (χ2n) is 6.35. The van der Waals surface area contributed by atoms with Gasteiger partial charge in [0.05, 0.1) is 17.5 Å². The number of benzene rings is 1. The smallest absolute Gasteiger partial charge is 0.235 e. The predicted molar refractivity (Wildman–Crippen MR) is 109 cm³/mol. The van der Waals surface area contributed by atoms with Gasteiger partial charge < -0.3 is 0 Å². The van der Waals surface area contributed by atoms with Crippen LogP contribution >= 0.6 is 11.6 Å². The monoisotopic (exact) mass is 395 g/mol. The third-order valence-electron chi connectivity index (χ3n) is 4.12. The molecule has 0 unspecified atom stereocenters. The van der Waals surface area contributed by atoms with Crippen LogP contribution in [0.4, 0.5) is 0 Å². The Hall–Kier alpha value is -1.66. The molecule has 1 N–H and O–H groups in total. The zero-order valence-corrected chi connectivity index (χ0v) is 16.7. The first kappa shape index (κ1) is 20.6. The second-order valence-corrected chi connectivity index (χ2v) is 8.53. The summed E-state index contributed by atoms with van der Waals surface area (Å²) in [6.07, 6.45) is 8.92. The quantitative estimate of drug-likeness (QED) is 0.255. The minimum absolute atomic E-state index is 0.0851. The van der Waals surface area contributed by atoms with Crippen LogP contribution < -0.4 is 4.83 Å². The zero-order chi connectivity index (χ0) is 18.8. The second kappa shape index (κ2) is 10.5. The van der Waals surface area contributed by atoms with Crippen LogP contribution in [0.2, 0.25) is 5.15 Å². The minimum atomic E-state index is -3.42. The first-order chi connectivity index (χ1) is 12.5. The van der Waals surface area contributed by atoms with Gasteiger partial charge >= 0.3 is 0 Å². The number of hydrazone groups is 1. The minimum Gasteiger partial charge on any atom is -0.235 e. The molecule has 0 aliphatic heterocycles. The van der Waals surface area contributed by atoms with Crippen molar-refractivity contribution < 1.29 is 8.42 Å². The molecule has 0 amide bonds. The molecule has 0 saturated carbocycles. The Bertz CT molecular complexity index is 838. The highest BCUT2D eigenvalue weighted by molar-refractivity contribution is 7.89. The average molecular weight is 396 g/mol. The number of hydrogen-bond donors (Lipinski definition) is 1. The Kier molecular flexibility index (Phi) is 8.32. The summed E-state index contributed by atoms with van der Waals surface area (Å²) in [6.45, 7) is 2.18. The van der Waals surface area contributed by atoms with E-state index in [0.717, 1.165) is 23.7 Å². The van der Waals surface area contributed by atoms with Gasteiger partial charge in [-0.1, -0.05) is 75.2 Å². The van der Waals surface area contributed by atoms with Gasteiger partial charge in [-0.15, -0.1) is 0 Å². The van der Waals surface area contributed by atoms with Crippen molar-refractivity contribution >= 4 is 38.7 Å². The fourth-order valence-corrected chi connectivity index (χ4v) is 3.75. The molecular formula is C19H26ClN3O2S. The molecule has 0 saturated heterocycles. The highest BCUT2D eigenvalue weighted by Crippen LogP contribution is 2.18. The van der Waals surface area contributed by atoms with Crippen LogP contribution in [0.5, 0.6) is 0 Å². The molecule has 0 spiro atoms. The third-order valence-corrected chi connectivity index (χ3v) is 5.63. The van der Waals surface area contributed by atoms with Gasteiger partial charge in [-0.05, 0) is 18.6 Å². The van der Waals surface area contributed by atoms with E-state index >= 15 is 0 Å². The highest BCUT2D eigenvalue weighted by atomic mass is 35.5. The van der Waals surface area contributed by atoms with Crippen LogP contribution in [0.25, 0.3) is 10.9 Å². The van der Waals surface area contributed by atoms with Crippen LogP contribution in [0.1, 0.15) is 57.4 Å². The SMILES string of the molecule is CCCCCCCCCS(=O)(=O)N/N=C\c1cc2ccccc2nc1Cl. The van der Waals surface area contributed by atoms with E-state index in [1.165, 1.54) is 31.9 Å². The fraction of sp³-hybridized carbons (Fsp3) is 0.474. The molecule has 0 aliphatic rings. The maximum atomic E-state index is 12.0. The summed E-state index contributed by atoms with van der Waals surface area (Å²) >= 11 is 6.13. The molecule has 1 heterocycles. The van der Waals surface area contributed by atoms with Gasteiger partial charge in [-0.3, -0.25) is 0 Å². The molecule has 0 bridgehead atoms. The Morgan fingerprint density at radius 2 is 1.81 bits per heavy atom. The predicted octanol–water partition coefficient (Wildman–Crippen LogP) is 4.89. The van der Waals surface area contributed by atoms with Crippen LogP contribution in [-0.2, 0) is 10.0 Å². The lowest BCUT2D eigenvalue weighted by Gasteiger charge is -2.04. The number of nitrogens with zero attached hydrogens (tertiary/aromatic N) is 2. The highest BCUT2D eigenvalue weighted by Gasteiger charge is 2.08. The lowest BCUT2D eigenvalue weighted by atomic mass is 10.1. The first-order valence-corrected chi connectivity index (χ1v) is 11.1. The van der Waals surface area contributed by atoms with E-state index in [1.54, 1.807) is 0 Å². The lowest BCUT2D eigenvalue weighted by molar-refractivity contribution is 0.570. The molecule has 2 rings (SSSR count). The van der Waals surface area contributed by atoms with E-state index in [4.69, 9.17) is 11.6 Å². The summed E-state index contributed by atoms with van der Waals surface area (Å²) in [7, 11) is -3.42. The van der Waals surface area contributed by atoms with Crippen molar-refractivity contribution in [2.45, 2.75) is 51.9 Å². The molecule has 142 valence electrons. The number of unbranched alkanes of at least 4 members (excludes halogenated alkanes) is 6. The van der Waals surface area contributed by atoms with Crippen molar-refractivity contribution in [3.63, 3.8) is 0 Å². The maximum Gasteiger partial charge on any atom is 0.247 e. The van der Waals surface area contributed by atoms with E-state index < -0.39 is 10.0 Å². The summed E-state index contributed by atoms with van der Waals surface area (Å²) in [5.41, 5.74) is 1.36. The number of fused-ring (bicyclic) bond motifs is 1. The average Bonchev–Trinajstić information content (AvgIpc) is 2.61.